The molecule has 0 aromatic heterocycles. The van der Waals surface area contributed by atoms with Gasteiger partial charge in [0, 0.05) is 0 Å². The van der Waals surface area contributed by atoms with Gasteiger partial charge in [0.25, 0.3) is 0 Å². The minimum absolute atomic E-state index is 0.366. The third-order valence-corrected chi connectivity index (χ3v) is 1.93. The highest BCUT2D eigenvalue weighted by Gasteiger charge is 2.07. The maximum atomic E-state index is 9.56. The van der Waals surface area contributed by atoms with E-state index in [1.54, 1.807) is 0 Å². The maximum absolute atomic E-state index is 9.56. The highest BCUT2D eigenvalue weighted by molar-refractivity contribution is 5.20. The standard InChI is InChI=1S/C12H18O2/c1-10(2)8-11(13)9-14-12-6-4-3-5-7-12/h3-7,10-11,13H,8-9H2,1-2H3/t11-/m0/s1. The third-order valence-electron chi connectivity index (χ3n) is 1.93. The highest BCUT2D eigenvalue weighted by Crippen LogP contribution is 2.10. The average Bonchev–Trinajstić information content (AvgIpc) is 2.15. The van der Waals surface area contributed by atoms with Crippen LogP contribution < -0.4 is 4.74 Å². The summed E-state index contributed by atoms with van der Waals surface area (Å²) in [5, 5.41) is 9.56. The first-order chi connectivity index (χ1) is 6.68. The van der Waals surface area contributed by atoms with Crippen LogP contribution >= 0.6 is 0 Å². The van der Waals surface area contributed by atoms with E-state index in [1.165, 1.54) is 0 Å². The second-order valence-electron chi connectivity index (χ2n) is 3.91. The van der Waals surface area contributed by atoms with E-state index < -0.39 is 0 Å². The second-order valence-corrected chi connectivity index (χ2v) is 3.91. The fourth-order valence-electron chi connectivity index (χ4n) is 1.32. The number of para-hydroxylation sites is 1. The number of benzene rings is 1. The molecule has 14 heavy (non-hydrogen) atoms. The predicted molar refractivity (Wildman–Crippen MR) is 57.4 cm³/mol. The molecule has 0 saturated carbocycles. The van der Waals surface area contributed by atoms with Gasteiger partial charge in [-0.15, -0.1) is 0 Å². The molecule has 0 saturated heterocycles. The zero-order valence-corrected chi connectivity index (χ0v) is 8.81. The number of rotatable bonds is 5. The Balaban J connectivity index is 2.27. The summed E-state index contributed by atoms with van der Waals surface area (Å²) in [6, 6.07) is 9.57. The molecule has 0 spiro atoms. The molecule has 0 amide bonds. The van der Waals surface area contributed by atoms with E-state index in [9.17, 15) is 5.11 Å². The summed E-state index contributed by atoms with van der Waals surface area (Å²) in [6.45, 7) is 4.56. The van der Waals surface area contributed by atoms with Gasteiger partial charge in [-0.2, -0.15) is 0 Å². The molecule has 78 valence electrons. The first-order valence-corrected chi connectivity index (χ1v) is 5.04. The second kappa shape index (κ2) is 5.66. The van der Waals surface area contributed by atoms with Gasteiger partial charge in [-0.25, -0.2) is 0 Å². The average molecular weight is 194 g/mol. The SMILES string of the molecule is CC(C)C[C@H](O)COc1ccccc1. The van der Waals surface area contributed by atoms with Crippen LogP contribution in [0.1, 0.15) is 20.3 Å². The fourth-order valence-corrected chi connectivity index (χ4v) is 1.32. The van der Waals surface area contributed by atoms with Crippen LogP contribution in [0.15, 0.2) is 30.3 Å². The monoisotopic (exact) mass is 194 g/mol. The van der Waals surface area contributed by atoms with Crippen molar-refractivity contribution in [2.45, 2.75) is 26.4 Å². The third kappa shape index (κ3) is 4.28. The molecule has 2 heteroatoms. The molecule has 0 bridgehead atoms. The van der Waals surface area contributed by atoms with Crippen molar-refractivity contribution in [2.24, 2.45) is 5.92 Å². The lowest BCUT2D eigenvalue weighted by atomic mass is 10.1. The molecule has 0 aliphatic carbocycles. The molecule has 1 N–H and O–H groups in total. The molecule has 0 aliphatic heterocycles. The number of hydrogen-bond acceptors (Lipinski definition) is 2. The Morgan fingerprint density at radius 2 is 1.86 bits per heavy atom. The van der Waals surface area contributed by atoms with Crippen molar-refractivity contribution in [1.29, 1.82) is 0 Å². The van der Waals surface area contributed by atoms with Crippen LogP contribution in [0.2, 0.25) is 0 Å². The molecule has 0 unspecified atom stereocenters. The van der Waals surface area contributed by atoms with Crippen LogP contribution in [0.25, 0.3) is 0 Å². The first-order valence-electron chi connectivity index (χ1n) is 5.04. The van der Waals surface area contributed by atoms with Crippen LogP contribution in [-0.4, -0.2) is 17.8 Å². The van der Waals surface area contributed by atoms with Gasteiger partial charge in [-0.1, -0.05) is 32.0 Å². The lowest BCUT2D eigenvalue weighted by Crippen LogP contribution is -2.19. The van der Waals surface area contributed by atoms with Gasteiger partial charge in [-0.3, -0.25) is 0 Å². The molecule has 1 rings (SSSR count). The van der Waals surface area contributed by atoms with E-state index >= 15 is 0 Å². The summed E-state index contributed by atoms with van der Waals surface area (Å²) in [5.74, 6) is 1.32. The normalized spacial score (nSPS) is 12.9. The maximum Gasteiger partial charge on any atom is 0.119 e. The first kappa shape index (κ1) is 11.1. The van der Waals surface area contributed by atoms with Crippen molar-refractivity contribution in [3.8, 4) is 5.75 Å². The van der Waals surface area contributed by atoms with Gasteiger partial charge in [0.15, 0.2) is 0 Å². The van der Waals surface area contributed by atoms with Crippen molar-refractivity contribution in [3.05, 3.63) is 30.3 Å². The Labute approximate surface area is 85.5 Å². The van der Waals surface area contributed by atoms with Crippen LogP contribution in [0.3, 0.4) is 0 Å². The molecule has 0 radical (unpaired) electrons. The lowest BCUT2D eigenvalue weighted by Gasteiger charge is -2.13. The highest BCUT2D eigenvalue weighted by atomic mass is 16.5. The summed E-state index contributed by atoms with van der Waals surface area (Å²) >= 11 is 0. The number of ether oxygens (including phenoxy) is 1. The summed E-state index contributed by atoms with van der Waals surface area (Å²) in [5.41, 5.74) is 0. The smallest absolute Gasteiger partial charge is 0.119 e. The van der Waals surface area contributed by atoms with E-state index in [1.807, 2.05) is 30.3 Å². The van der Waals surface area contributed by atoms with Crippen LogP contribution in [0, 0.1) is 5.92 Å². The summed E-state index contributed by atoms with van der Waals surface area (Å²) in [7, 11) is 0. The summed E-state index contributed by atoms with van der Waals surface area (Å²) in [6.07, 6.45) is 0.419. The molecule has 0 aliphatic rings. The zero-order chi connectivity index (χ0) is 10.4. The van der Waals surface area contributed by atoms with Crippen molar-refractivity contribution in [1.82, 2.24) is 0 Å². The predicted octanol–water partition coefficient (Wildman–Crippen LogP) is 2.47. The molecular formula is C12H18O2. The minimum Gasteiger partial charge on any atom is -0.491 e. The minimum atomic E-state index is -0.366. The molecular weight excluding hydrogens is 176 g/mol. The van der Waals surface area contributed by atoms with Gasteiger partial charge < -0.3 is 9.84 Å². The molecule has 1 atom stereocenters. The van der Waals surface area contributed by atoms with Gasteiger partial charge in [0.2, 0.25) is 0 Å². The van der Waals surface area contributed by atoms with E-state index in [4.69, 9.17) is 4.74 Å². The Morgan fingerprint density at radius 3 is 2.43 bits per heavy atom. The Bertz CT molecular complexity index is 244. The van der Waals surface area contributed by atoms with E-state index in [0.717, 1.165) is 12.2 Å². The Hall–Kier alpha value is -1.02. The van der Waals surface area contributed by atoms with E-state index in [2.05, 4.69) is 13.8 Å². The van der Waals surface area contributed by atoms with Gasteiger partial charge >= 0.3 is 0 Å². The van der Waals surface area contributed by atoms with Gasteiger partial charge in [0.1, 0.15) is 12.4 Å². The number of aliphatic hydroxyl groups is 1. The summed E-state index contributed by atoms with van der Waals surface area (Å²) < 4.78 is 5.42. The van der Waals surface area contributed by atoms with Gasteiger partial charge in [-0.05, 0) is 24.5 Å². The molecule has 0 fully saturated rings. The van der Waals surface area contributed by atoms with Crippen LogP contribution in [0.4, 0.5) is 0 Å². The molecule has 1 aromatic rings. The molecule has 0 heterocycles. The topological polar surface area (TPSA) is 29.5 Å². The van der Waals surface area contributed by atoms with Crippen molar-refractivity contribution < 1.29 is 9.84 Å². The van der Waals surface area contributed by atoms with Crippen molar-refractivity contribution >= 4 is 0 Å². The van der Waals surface area contributed by atoms with E-state index in [-0.39, 0.29) is 6.10 Å². The largest absolute Gasteiger partial charge is 0.491 e. The van der Waals surface area contributed by atoms with Crippen molar-refractivity contribution in [2.75, 3.05) is 6.61 Å². The Morgan fingerprint density at radius 1 is 1.21 bits per heavy atom. The fraction of sp³-hybridized carbons (Fsp3) is 0.500. The Kier molecular flexibility index (Phi) is 4.47. The van der Waals surface area contributed by atoms with Crippen LogP contribution in [-0.2, 0) is 0 Å². The van der Waals surface area contributed by atoms with Crippen molar-refractivity contribution in [3.63, 3.8) is 0 Å². The summed E-state index contributed by atoms with van der Waals surface area (Å²) in [4.78, 5) is 0. The number of aliphatic hydroxyl groups excluding tert-OH is 1. The van der Waals surface area contributed by atoms with E-state index in [0.29, 0.717) is 12.5 Å². The lowest BCUT2D eigenvalue weighted by molar-refractivity contribution is 0.0893. The molecule has 2 nitrogen and oxygen atoms in total. The zero-order valence-electron chi connectivity index (χ0n) is 8.81. The van der Waals surface area contributed by atoms with Gasteiger partial charge in [0.05, 0.1) is 6.10 Å². The number of hydrogen-bond donors (Lipinski definition) is 1. The quantitative estimate of drug-likeness (QED) is 0.780. The molecule has 1 aromatic carbocycles. The van der Waals surface area contributed by atoms with Crippen LogP contribution in [0.5, 0.6) is 5.75 Å².